The van der Waals surface area contributed by atoms with Crippen molar-refractivity contribution in [2.24, 2.45) is 0 Å². The van der Waals surface area contributed by atoms with Crippen molar-refractivity contribution >= 4 is 16.6 Å². The van der Waals surface area contributed by atoms with E-state index in [2.05, 4.69) is 24.0 Å². The zero-order valence-electron chi connectivity index (χ0n) is 12.4. The van der Waals surface area contributed by atoms with Crippen molar-refractivity contribution in [1.82, 2.24) is 4.98 Å². The summed E-state index contributed by atoms with van der Waals surface area (Å²) in [4.78, 5) is 6.59. The van der Waals surface area contributed by atoms with Gasteiger partial charge in [0.2, 0.25) is 0 Å². The Hall–Kier alpha value is -2.42. The number of nitrogens with zero attached hydrogens (tertiary/aromatic N) is 2. The minimum absolute atomic E-state index is 0.224. The molecule has 21 heavy (non-hydrogen) atoms. The zero-order valence-corrected chi connectivity index (χ0v) is 12.4. The predicted molar refractivity (Wildman–Crippen MR) is 86.2 cm³/mol. The molecule has 1 heterocycles. The maximum atomic E-state index is 13.1. The Bertz CT molecular complexity index is 792. The van der Waals surface area contributed by atoms with Gasteiger partial charge in [0.1, 0.15) is 11.6 Å². The lowest BCUT2D eigenvalue weighted by molar-refractivity contribution is 0.628. The van der Waals surface area contributed by atoms with Gasteiger partial charge in [-0.1, -0.05) is 30.3 Å². The van der Waals surface area contributed by atoms with Crippen LogP contribution in [0.2, 0.25) is 0 Å². The fourth-order valence-corrected chi connectivity index (χ4v) is 2.68. The molecule has 0 saturated heterocycles. The van der Waals surface area contributed by atoms with E-state index in [-0.39, 0.29) is 5.82 Å². The predicted octanol–water partition coefficient (Wildman–Crippen LogP) is 4.42. The van der Waals surface area contributed by atoms with Crippen LogP contribution < -0.4 is 4.90 Å². The van der Waals surface area contributed by atoms with Crippen molar-refractivity contribution in [1.29, 1.82) is 0 Å². The van der Waals surface area contributed by atoms with Gasteiger partial charge in [-0.15, -0.1) is 0 Å². The van der Waals surface area contributed by atoms with Crippen LogP contribution in [0, 0.1) is 12.7 Å². The summed E-state index contributed by atoms with van der Waals surface area (Å²) >= 11 is 0. The average molecular weight is 280 g/mol. The molecule has 0 bridgehead atoms. The van der Waals surface area contributed by atoms with Crippen molar-refractivity contribution in [2.45, 2.75) is 6.92 Å². The standard InChI is InChI=1S/C18H17FN2/c1-12-5-4-6-15-17(12)16(11-20-18(15)21(2)3)13-7-9-14(19)10-8-13/h4-11H,1-3H3. The molecule has 3 rings (SSSR count). The quantitative estimate of drug-likeness (QED) is 0.691. The van der Waals surface area contributed by atoms with Gasteiger partial charge in [-0.3, -0.25) is 0 Å². The van der Waals surface area contributed by atoms with Crippen LogP contribution in [0.25, 0.3) is 21.9 Å². The second-order valence-electron chi connectivity index (χ2n) is 5.39. The lowest BCUT2D eigenvalue weighted by atomic mass is 9.97. The Morgan fingerprint density at radius 1 is 1.00 bits per heavy atom. The minimum atomic E-state index is -0.224. The van der Waals surface area contributed by atoms with Gasteiger partial charge in [0.05, 0.1) is 0 Å². The normalized spacial score (nSPS) is 10.9. The highest BCUT2D eigenvalue weighted by Gasteiger charge is 2.12. The Morgan fingerprint density at radius 2 is 1.71 bits per heavy atom. The van der Waals surface area contributed by atoms with Gasteiger partial charge in [0.15, 0.2) is 0 Å². The molecule has 2 nitrogen and oxygen atoms in total. The van der Waals surface area contributed by atoms with Gasteiger partial charge in [0, 0.05) is 31.2 Å². The largest absolute Gasteiger partial charge is 0.362 e. The van der Waals surface area contributed by atoms with Gasteiger partial charge >= 0.3 is 0 Å². The zero-order chi connectivity index (χ0) is 15.0. The summed E-state index contributed by atoms with van der Waals surface area (Å²) < 4.78 is 13.1. The van der Waals surface area contributed by atoms with Crippen molar-refractivity contribution in [3.05, 3.63) is 60.0 Å². The Labute approximate surface area is 123 Å². The summed E-state index contributed by atoms with van der Waals surface area (Å²) in [6, 6.07) is 12.8. The van der Waals surface area contributed by atoms with Crippen molar-refractivity contribution in [3.63, 3.8) is 0 Å². The van der Waals surface area contributed by atoms with Crippen molar-refractivity contribution < 1.29 is 4.39 Å². The summed E-state index contributed by atoms with van der Waals surface area (Å²) in [5, 5.41) is 2.28. The lowest BCUT2D eigenvalue weighted by Crippen LogP contribution is -2.11. The van der Waals surface area contributed by atoms with E-state index in [1.54, 1.807) is 12.1 Å². The summed E-state index contributed by atoms with van der Waals surface area (Å²) in [6.45, 7) is 2.09. The molecule has 0 aliphatic rings. The van der Waals surface area contributed by atoms with E-state index in [1.807, 2.05) is 31.3 Å². The molecule has 3 heteroatoms. The fourth-order valence-electron chi connectivity index (χ4n) is 2.68. The van der Waals surface area contributed by atoms with Crippen LogP contribution in [0.3, 0.4) is 0 Å². The van der Waals surface area contributed by atoms with Gasteiger partial charge in [-0.05, 0) is 35.6 Å². The number of halogens is 1. The molecule has 2 aromatic carbocycles. The highest BCUT2D eigenvalue weighted by molar-refractivity contribution is 6.03. The molecule has 0 aliphatic heterocycles. The molecular formula is C18H17FN2. The monoisotopic (exact) mass is 280 g/mol. The number of hydrogen-bond acceptors (Lipinski definition) is 2. The van der Waals surface area contributed by atoms with E-state index in [0.717, 1.165) is 22.3 Å². The minimum Gasteiger partial charge on any atom is -0.362 e. The number of aromatic nitrogens is 1. The number of pyridine rings is 1. The molecule has 106 valence electrons. The smallest absolute Gasteiger partial charge is 0.135 e. The van der Waals surface area contributed by atoms with Crippen LogP contribution in [0.15, 0.2) is 48.7 Å². The molecule has 0 atom stereocenters. The highest BCUT2D eigenvalue weighted by Crippen LogP contribution is 2.34. The molecule has 0 radical (unpaired) electrons. The van der Waals surface area contributed by atoms with Gasteiger partial charge in [-0.2, -0.15) is 0 Å². The van der Waals surface area contributed by atoms with Gasteiger partial charge in [0.25, 0.3) is 0 Å². The maximum absolute atomic E-state index is 13.1. The molecule has 0 saturated carbocycles. The molecule has 1 aromatic heterocycles. The molecule has 0 N–H and O–H groups in total. The first-order chi connectivity index (χ1) is 10.1. The van der Waals surface area contributed by atoms with E-state index in [0.29, 0.717) is 0 Å². The van der Waals surface area contributed by atoms with E-state index in [4.69, 9.17) is 0 Å². The topological polar surface area (TPSA) is 16.1 Å². The summed E-state index contributed by atoms with van der Waals surface area (Å²) in [6.07, 6.45) is 1.87. The van der Waals surface area contributed by atoms with E-state index in [1.165, 1.54) is 23.1 Å². The van der Waals surface area contributed by atoms with Crippen molar-refractivity contribution in [2.75, 3.05) is 19.0 Å². The van der Waals surface area contributed by atoms with Crippen LogP contribution in [-0.4, -0.2) is 19.1 Å². The second-order valence-corrected chi connectivity index (χ2v) is 5.39. The van der Waals surface area contributed by atoms with Crippen LogP contribution in [0.5, 0.6) is 0 Å². The maximum Gasteiger partial charge on any atom is 0.135 e. The third-order valence-electron chi connectivity index (χ3n) is 3.68. The van der Waals surface area contributed by atoms with Crippen LogP contribution >= 0.6 is 0 Å². The number of anilines is 1. The Morgan fingerprint density at radius 3 is 2.38 bits per heavy atom. The van der Waals surface area contributed by atoms with Gasteiger partial charge in [-0.25, -0.2) is 9.37 Å². The van der Waals surface area contributed by atoms with Gasteiger partial charge < -0.3 is 4.90 Å². The number of hydrogen-bond donors (Lipinski definition) is 0. The molecular weight excluding hydrogens is 263 g/mol. The molecule has 0 unspecified atom stereocenters. The van der Waals surface area contributed by atoms with E-state index in [9.17, 15) is 4.39 Å². The summed E-state index contributed by atoms with van der Waals surface area (Å²) in [5.74, 6) is 0.720. The van der Waals surface area contributed by atoms with Crippen LogP contribution in [0.1, 0.15) is 5.56 Å². The summed E-state index contributed by atoms with van der Waals surface area (Å²) in [7, 11) is 3.98. The molecule has 3 aromatic rings. The third kappa shape index (κ3) is 2.35. The molecule has 0 amide bonds. The van der Waals surface area contributed by atoms with E-state index < -0.39 is 0 Å². The first kappa shape index (κ1) is 13.6. The van der Waals surface area contributed by atoms with E-state index >= 15 is 0 Å². The molecule has 0 fully saturated rings. The Kier molecular flexibility index (Phi) is 3.34. The number of benzene rings is 2. The van der Waals surface area contributed by atoms with Crippen LogP contribution in [-0.2, 0) is 0 Å². The highest BCUT2D eigenvalue weighted by atomic mass is 19.1. The number of aryl methyl sites for hydroxylation is 1. The lowest BCUT2D eigenvalue weighted by Gasteiger charge is -2.17. The SMILES string of the molecule is Cc1cccc2c(N(C)C)ncc(-c3ccc(F)cc3)c12. The first-order valence-electron chi connectivity index (χ1n) is 6.89. The number of fused-ring (bicyclic) bond motifs is 1. The number of rotatable bonds is 2. The van der Waals surface area contributed by atoms with Crippen LogP contribution in [0.4, 0.5) is 10.2 Å². The molecule has 0 spiro atoms. The first-order valence-corrected chi connectivity index (χ1v) is 6.89. The second kappa shape index (κ2) is 5.17. The third-order valence-corrected chi connectivity index (χ3v) is 3.68. The summed E-state index contributed by atoms with van der Waals surface area (Å²) in [5.41, 5.74) is 3.21. The fraction of sp³-hybridized carbons (Fsp3) is 0.167. The average Bonchev–Trinajstić information content (AvgIpc) is 2.47. The Balaban J connectivity index is 2.34. The molecule has 0 aliphatic carbocycles. The van der Waals surface area contributed by atoms with Crippen molar-refractivity contribution in [3.8, 4) is 11.1 Å².